The molecule has 1 saturated heterocycles. The predicted molar refractivity (Wildman–Crippen MR) is 62.4 cm³/mol. The van der Waals surface area contributed by atoms with Crippen molar-refractivity contribution in [2.45, 2.75) is 31.7 Å². The Morgan fingerprint density at radius 2 is 1.94 bits per heavy atom. The first-order chi connectivity index (χ1) is 8.16. The van der Waals surface area contributed by atoms with Gasteiger partial charge in [0.1, 0.15) is 0 Å². The first-order valence-electron chi connectivity index (χ1n) is 5.70. The number of nitro benzene ring substituents is 1. The lowest BCUT2D eigenvalue weighted by Crippen LogP contribution is -2.25. The SMILES string of the molecule is O=C1CCCCC(c2ccc([N+](=O)[O-])cc2)N1. The van der Waals surface area contributed by atoms with Gasteiger partial charge < -0.3 is 5.32 Å². The van der Waals surface area contributed by atoms with Crippen molar-refractivity contribution in [1.29, 1.82) is 0 Å². The predicted octanol–water partition coefficient (Wildman–Crippen LogP) is 2.33. The van der Waals surface area contributed by atoms with Gasteiger partial charge in [-0.05, 0) is 18.4 Å². The average Bonchev–Trinajstić information content (AvgIpc) is 2.54. The molecule has 1 aromatic carbocycles. The summed E-state index contributed by atoms with van der Waals surface area (Å²) in [6, 6.07) is 6.38. The molecule has 0 aliphatic carbocycles. The number of benzene rings is 1. The number of hydrogen-bond donors (Lipinski definition) is 1. The number of carbonyl (C=O) groups excluding carboxylic acids is 1. The molecule has 1 aliphatic rings. The van der Waals surface area contributed by atoms with Gasteiger partial charge in [-0.2, -0.15) is 0 Å². The second-order valence-electron chi connectivity index (χ2n) is 4.21. The van der Waals surface area contributed by atoms with Crippen LogP contribution >= 0.6 is 0 Å². The topological polar surface area (TPSA) is 72.2 Å². The van der Waals surface area contributed by atoms with Crippen LogP contribution in [-0.4, -0.2) is 10.8 Å². The van der Waals surface area contributed by atoms with E-state index in [1.165, 1.54) is 12.1 Å². The van der Waals surface area contributed by atoms with E-state index >= 15 is 0 Å². The lowest BCUT2D eigenvalue weighted by atomic mass is 10.0. The fourth-order valence-corrected chi connectivity index (χ4v) is 2.05. The molecule has 0 aromatic heterocycles. The molecular weight excluding hydrogens is 220 g/mol. The zero-order valence-corrected chi connectivity index (χ0v) is 9.39. The second-order valence-corrected chi connectivity index (χ2v) is 4.21. The van der Waals surface area contributed by atoms with E-state index in [0.29, 0.717) is 6.42 Å². The van der Waals surface area contributed by atoms with E-state index in [1.54, 1.807) is 12.1 Å². The van der Waals surface area contributed by atoms with Gasteiger partial charge in [0.15, 0.2) is 0 Å². The minimum atomic E-state index is -0.421. The van der Waals surface area contributed by atoms with Gasteiger partial charge in [0.25, 0.3) is 5.69 Å². The van der Waals surface area contributed by atoms with Crippen LogP contribution in [0.5, 0.6) is 0 Å². The highest BCUT2D eigenvalue weighted by molar-refractivity contribution is 5.76. The Hall–Kier alpha value is -1.91. The molecule has 0 saturated carbocycles. The zero-order chi connectivity index (χ0) is 12.3. The summed E-state index contributed by atoms with van der Waals surface area (Å²) in [5.41, 5.74) is 1.01. The lowest BCUT2D eigenvalue weighted by Gasteiger charge is -2.15. The van der Waals surface area contributed by atoms with Crippen LogP contribution in [0.15, 0.2) is 24.3 Å². The smallest absolute Gasteiger partial charge is 0.269 e. The Balaban J connectivity index is 2.15. The molecule has 0 radical (unpaired) electrons. The highest BCUT2D eigenvalue weighted by Gasteiger charge is 2.18. The first-order valence-corrected chi connectivity index (χ1v) is 5.70. The molecule has 1 heterocycles. The zero-order valence-electron chi connectivity index (χ0n) is 9.39. The molecule has 5 nitrogen and oxygen atoms in total. The van der Waals surface area contributed by atoms with Crippen LogP contribution in [0.4, 0.5) is 5.69 Å². The number of amides is 1. The van der Waals surface area contributed by atoms with Crippen molar-refractivity contribution in [1.82, 2.24) is 5.32 Å². The van der Waals surface area contributed by atoms with Crippen molar-refractivity contribution in [3.63, 3.8) is 0 Å². The molecule has 0 bridgehead atoms. The monoisotopic (exact) mass is 234 g/mol. The third-order valence-electron chi connectivity index (χ3n) is 2.99. The van der Waals surface area contributed by atoms with Crippen LogP contribution < -0.4 is 5.32 Å². The van der Waals surface area contributed by atoms with Crippen molar-refractivity contribution in [3.05, 3.63) is 39.9 Å². The minimum absolute atomic E-state index is 0.00851. The highest BCUT2D eigenvalue weighted by Crippen LogP contribution is 2.24. The van der Waals surface area contributed by atoms with Gasteiger partial charge in [-0.1, -0.05) is 18.6 Å². The molecule has 1 N–H and O–H groups in total. The Morgan fingerprint density at radius 1 is 1.24 bits per heavy atom. The van der Waals surface area contributed by atoms with Crippen molar-refractivity contribution in [3.8, 4) is 0 Å². The van der Waals surface area contributed by atoms with Gasteiger partial charge in [0.2, 0.25) is 5.91 Å². The Bertz CT molecular complexity index is 428. The molecule has 90 valence electrons. The van der Waals surface area contributed by atoms with Gasteiger partial charge in [0.05, 0.1) is 11.0 Å². The highest BCUT2D eigenvalue weighted by atomic mass is 16.6. The number of nitrogens with zero attached hydrogens (tertiary/aromatic N) is 1. The van der Waals surface area contributed by atoms with Crippen LogP contribution in [0.25, 0.3) is 0 Å². The van der Waals surface area contributed by atoms with Crippen LogP contribution in [-0.2, 0) is 4.79 Å². The van der Waals surface area contributed by atoms with Crippen LogP contribution in [0.3, 0.4) is 0 Å². The van der Waals surface area contributed by atoms with Gasteiger partial charge in [-0.15, -0.1) is 0 Å². The van der Waals surface area contributed by atoms with Crippen molar-refractivity contribution in [2.75, 3.05) is 0 Å². The first kappa shape index (κ1) is 11.6. The molecule has 17 heavy (non-hydrogen) atoms. The van der Waals surface area contributed by atoms with E-state index in [1.807, 2.05) is 0 Å². The lowest BCUT2D eigenvalue weighted by molar-refractivity contribution is -0.384. The van der Waals surface area contributed by atoms with Crippen molar-refractivity contribution < 1.29 is 9.72 Å². The maximum atomic E-state index is 11.4. The molecule has 1 amide bonds. The molecule has 0 spiro atoms. The average molecular weight is 234 g/mol. The summed E-state index contributed by atoms with van der Waals surface area (Å²) in [7, 11) is 0. The number of nitro groups is 1. The molecule has 5 heteroatoms. The van der Waals surface area contributed by atoms with E-state index in [-0.39, 0.29) is 17.6 Å². The summed E-state index contributed by atoms with van der Waals surface area (Å²) in [5.74, 6) is 0.0610. The fourth-order valence-electron chi connectivity index (χ4n) is 2.05. The van der Waals surface area contributed by atoms with Gasteiger partial charge >= 0.3 is 0 Å². The molecule has 1 fully saturated rings. The van der Waals surface area contributed by atoms with E-state index < -0.39 is 4.92 Å². The number of carbonyl (C=O) groups is 1. The van der Waals surface area contributed by atoms with Crippen LogP contribution in [0.1, 0.15) is 37.3 Å². The quantitative estimate of drug-likeness (QED) is 0.630. The normalized spacial score (nSPS) is 20.5. The molecular formula is C12H14N2O3. The maximum absolute atomic E-state index is 11.4. The third kappa shape index (κ3) is 2.81. The largest absolute Gasteiger partial charge is 0.349 e. The number of hydrogen-bond acceptors (Lipinski definition) is 3. The second kappa shape index (κ2) is 4.95. The Kier molecular flexibility index (Phi) is 3.37. The van der Waals surface area contributed by atoms with E-state index in [2.05, 4.69) is 5.32 Å². The maximum Gasteiger partial charge on any atom is 0.269 e. The number of nitrogens with one attached hydrogen (secondary N) is 1. The van der Waals surface area contributed by atoms with Gasteiger partial charge in [-0.3, -0.25) is 14.9 Å². The van der Waals surface area contributed by atoms with E-state index in [4.69, 9.17) is 0 Å². The minimum Gasteiger partial charge on any atom is -0.349 e. The summed E-state index contributed by atoms with van der Waals surface area (Å²) < 4.78 is 0. The fraction of sp³-hybridized carbons (Fsp3) is 0.417. The molecule has 1 aliphatic heterocycles. The third-order valence-corrected chi connectivity index (χ3v) is 2.99. The summed E-state index contributed by atoms with van der Waals surface area (Å²) in [6.45, 7) is 0. The van der Waals surface area contributed by atoms with Gasteiger partial charge in [0, 0.05) is 18.6 Å². The van der Waals surface area contributed by atoms with Crippen LogP contribution in [0, 0.1) is 10.1 Å². The molecule has 1 atom stereocenters. The molecule has 2 rings (SSSR count). The van der Waals surface area contributed by atoms with Crippen LogP contribution in [0.2, 0.25) is 0 Å². The van der Waals surface area contributed by atoms with E-state index in [9.17, 15) is 14.9 Å². The molecule has 1 unspecified atom stereocenters. The number of rotatable bonds is 2. The Labute approximate surface area is 99.0 Å². The van der Waals surface area contributed by atoms with Gasteiger partial charge in [-0.25, -0.2) is 0 Å². The van der Waals surface area contributed by atoms with E-state index in [0.717, 1.165) is 24.8 Å². The van der Waals surface area contributed by atoms with Crippen molar-refractivity contribution in [2.24, 2.45) is 0 Å². The standard InChI is InChI=1S/C12H14N2O3/c15-12-4-2-1-3-11(13-12)9-5-7-10(8-6-9)14(16)17/h5-8,11H,1-4H2,(H,13,15). The van der Waals surface area contributed by atoms with Crippen molar-refractivity contribution >= 4 is 11.6 Å². The summed E-state index contributed by atoms with van der Waals surface area (Å²) >= 11 is 0. The number of non-ortho nitro benzene ring substituents is 1. The summed E-state index contributed by atoms with van der Waals surface area (Å²) in [5, 5.41) is 13.5. The Morgan fingerprint density at radius 3 is 2.59 bits per heavy atom. The summed E-state index contributed by atoms with van der Waals surface area (Å²) in [6.07, 6.45) is 3.38. The molecule has 1 aromatic rings. The summed E-state index contributed by atoms with van der Waals surface area (Å²) in [4.78, 5) is 21.5.